The zero-order valence-electron chi connectivity index (χ0n) is 16.3. The van der Waals surface area contributed by atoms with Gasteiger partial charge in [0.1, 0.15) is 5.69 Å². The second-order valence-electron chi connectivity index (χ2n) is 6.97. The Balaban J connectivity index is 1.45. The molecule has 0 spiro atoms. The van der Waals surface area contributed by atoms with Crippen molar-refractivity contribution in [3.63, 3.8) is 0 Å². The van der Waals surface area contributed by atoms with Crippen LogP contribution in [0.2, 0.25) is 0 Å². The van der Waals surface area contributed by atoms with Crippen LogP contribution < -0.4 is 10.2 Å². The molecular weight excluding hydrogens is 364 g/mol. The molecule has 0 bridgehead atoms. The van der Waals surface area contributed by atoms with E-state index in [1.54, 1.807) is 24.7 Å². The molecule has 1 N–H and O–H groups in total. The lowest BCUT2D eigenvalue weighted by molar-refractivity contribution is -0.118. The molecule has 6 heteroatoms. The number of nitrogens with one attached hydrogen (secondary N) is 1. The van der Waals surface area contributed by atoms with Gasteiger partial charge in [-0.2, -0.15) is 0 Å². The highest BCUT2D eigenvalue weighted by molar-refractivity contribution is 5.96. The Labute approximate surface area is 169 Å². The monoisotopic (exact) mass is 386 g/mol. The van der Waals surface area contributed by atoms with Gasteiger partial charge in [-0.15, -0.1) is 0 Å². The Morgan fingerprint density at radius 2 is 1.97 bits per heavy atom. The van der Waals surface area contributed by atoms with Crippen LogP contribution >= 0.6 is 0 Å². The molecule has 0 aliphatic carbocycles. The van der Waals surface area contributed by atoms with Crippen molar-refractivity contribution in [2.75, 3.05) is 11.4 Å². The molecule has 3 aromatic rings. The second kappa shape index (κ2) is 8.22. The predicted molar refractivity (Wildman–Crippen MR) is 111 cm³/mol. The van der Waals surface area contributed by atoms with Crippen molar-refractivity contribution in [1.29, 1.82) is 0 Å². The molecule has 0 fully saturated rings. The van der Waals surface area contributed by atoms with Crippen molar-refractivity contribution in [3.05, 3.63) is 77.9 Å². The van der Waals surface area contributed by atoms with Crippen LogP contribution in [0.3, 0.4) is 0 Å². The summed E-state index contributed by atoms with van der Waals surface area (Å²) in [5, 5.41) is 2.85. The van der Waals surface area contributed by atoms with Crippen LogP contribution in [0.4, 0.5) is 5.69 Å². The van der Waals surface area contributed by atoms with Crippen molar-refractivity contribution in [1.82, 2.24) is 15.3 Å². The predicted octanol–water partition coefficient (Wildman–Crippen LogP) is 3.37. The summed E-state index contributed by atoms with van der Waals surface area (Å²) in [5.74, 6) is -0.0668. The van der Waals surface area contributed by atoms with Gasteiger partial charge in [-0.3, -0.25) is 19.6 Å². The van der Waals surface area contributed by atoms with Gasteiger partial charge in [0.25, 0.3) is 5.91 Å². The van der Waals surface area contributed by atoms with E-state index in [9.17, 15) is 9.59 Å². The Morgan fingerprint density at radius 3 is 2.69 bits per heavy atom. The largest absolute Gasteiger partial charge is 0.347 e. The number of benzene rings is 1. The Morgan fingerprint density at radius 1 is 1.10 bits per heavy atom. The van der Waals surface area contributed by atoms with E-state index in [2.05, 4.69) is 21.4 Å². The Kier molecular flexibility index (Phi) is 5.33. The average molecular weight is 386 g/mol. The molecule has 1 aliphatic rings. The number of aromatic nitrogens is 2. The summed E-state index contributed by atoms with van der Waals surface area (Å²) >= 11 is 0. The summed E-state index contributed by atoms with van der Waals surface area (Å²) in [6.07, 6.45) is 6.50. The maximum absolute atomic E-state index is 12.3. The number of fused-ring (bicyclic) bond motifs is 1. The molecule has 0 radical (unpaired) electrons. The Hall–Kier alpha value is -3.54. The van der Waals surface area contributed by atoms with Gasteiger partial charge in [-0.25, -0.2) is 0 Å². The van der Waals surface area contributed by atoms with Crippen LogP contribution in [0, 0.1) is 0 Å². The zero-order valence-corrected chi connectivity index (χ0v) is 16.3. The standard InChI is InChI=1S/C23H22N4O2/c1-2-22(28)27-11-9-18-12-17(6-8-21(18)27)19-5-7-20(25-15-19)23(29)26-14-16-4-3-10-24-13-16/h3-8,10,12-13,15H,2,9,11,14H2,1H3,(H,26,29). The first-order valence-electron chi connectivity index (χ1n) is 9.72. The van der Waals surface area contributed by atoms with E-state index in [0.29, 0.717) is 18.7 Å². The van der Waals surface area contributed by atoms with Gasteiger partial charge < -0.3 is 10.2 Å². The number of rotatable bonds is 5. The number of hydrogen-bond acceptors (Lipinski definition) is 4. The first-order valence-corrected chi connectivity index (χ1v) is 9.72. The minimum absolute atomic E-state index is 0.153. The molecule has 0 saturated carbocycles. The van der Waals surface area contributed by atoms with Gasteiger partial charge in [-0.1, -0.05) is 25.1 Å². The molecule has 146 valence electrons. The number of anilines is 1. The summed E-state index contributed by atoms with van der Waals surface area (Å²) in [7, 11) is 0. The molecule has 3 heterocycles. The summed E-state index contributed by atoms with van der Waals surface area (Å²) in [5.41, 5.74) is 5.45. The molecule has 1 aromatic carbocycles. The number of pyridine rings is 2. The molecular formula is C23H22N4O2. The van der Waals surface area contributed by atoms with Crippen molar-refractivity contribution >= 4 is 17.5 Å². The Bertz CT molecular complexity index is 1030. The summed E-state index contributed by atoms with van der Waals surface area (Å²) in [6, 6.07) is 13.5. The molecule has 1 aliphatic heterocycles. The summed E-state index contributed by atoms with van der Waals surface area (Å²) in [4.78, 5) is 34.6. The van der Waals surface area contributed by atoms with Crippen molar-refractivity contribution < 1.29 is 9.59 Å². The van der Waals surface area contributed by atoms with Crippen LogP contribution in [0.5, 0.6) is 0 Å². The van der Waals surface area contributed by atoms with Gasteiger partial charge in [0.2, 0.25) is 5.91 Å². The first kappa shape index (κ1) is 18.8. The highest BCUT2D eigenvalue weighted by atomic mass is 16.2. The highest BCUT2D eigenvalue weighted by Crippen LogP contribution is 2.32. The van der Waals surface area contributed by atoms with Crippen molar-refractivity contribution in [3.8, 4) is 11.1 Å². The fourth-order valence-electron chi connectivity index (χ4n) is 3.51. The molecule has 0 atom stereocenters. The van der Waals surface area contributed by atoms with E-state index in [-0.39, 0.29) is 11.8 Å². The topological polar surface area (TPSA) is 75.2 Å². The smallest absolute Gasteiger partial charge is 0.270 e. The van der Waals surface area contributed by atoms with Crippen molar-refractivity contribution in [2.45, 2.75) is 26.3 Å². The molecule has 4 rings (SSSR count). The van der Waals surface area contributed by atoms with E-state index in [1.165, 1.54) is 5.56 Å². The van der Waals surface area contributed by atoms with Crippen molar-refractivity contribution in [2.24, 2.45) is 0 Å². The fraction of sp³-hybridized carbons (Fsp3) is 0.217. The van der Waals surface area contributed by atoms with E-state index in [4.69, 9.17) is 0 Å². The van der Waals surface area contributed by atoms with Crippen LogP contribution in [-0.2, 0) is 17.8 Å². The zero-order chi connectivity index (χ0) is 20.2. The number of carbonyl (C=O) groups excluding carboxylic acids is 2. The lowest BCUT2D eigenvalue weighted by Crippen LogP contribution is -2.27. The third-order valence-electron chi connectivity index (χ3n) is 5.08. The third-order valence-corrected chi connectivity index (χ3v) is 5.08. The van der Waals surface area contributed by atoms with Gasteiger partial charge >= 0.3 is 0 Å². The number of carbonyl (C=O) groups is 2. The molecule has 2 amide bonds. The maximum Gasteiger partial charge on any atom is 0.270 e. The SMILES string of the molecule is CCC(=O)N1CCc2cc(-c3ccc(C(=O)NCc4cccnc4)nc3)ccc21. The fourth-order valence-corrected chi connectivity index (χ4v) is 3.51. The molecule has 29 heavy (non-hydrogen) atoms. The average Bonchev–Trinajstić information content (AvgIpc) is 3.21. The van der Waals surface area contributed by atoms with E-state index >= 15 is 0 Å². The van der Waals surface area contributed by atoms with E-state index in [1.807, 2.05) is 42.2 Å². The maximum atomic E-state index is 12.3. The molecule has 0 saturated heterocycles. The van der Waals surface area contributed by atoms with Crippen LogP contribution in [-0.4, -0.2) is 28.3 Å². The summed E-state index contributed by atoms with van der Waals surface area (Å²) < 4.78 is 0. The van der Waals surface area contributed by atoms with E-state index in [0.717, 1.165) is 35.3 Å². The van der Waals surface area contributed by atoms with Gasteiger partial charge in [0.05, 0.1) is 0 Å². The lowest BCUT2D eigenvalue weighted by atomic mass is 10.0. The highest BCUT2D eigenvalue weighted by Gasteiger charge is 2.23. The quantitative estimate of drug-likeness (QED) is 0.729. The number of nitrogens with zero attached hydrogens (tertiary/aromatic N) is 3. The van der Waals surface area contributed by atoms with Crippen LogP contribution in [0.25, 0.3) is 11.1 Å². The normalized spacial score (nSPS) is 12.5. The van der Waals surface area contributed by atoms with Gasteiger partial charge in [-0.05, 0) is 47.4 Å². The first-order chi connectivity index (χ1) is 14.2. The number of hydrogen-bond donors (Lipinski definition) is 1. The van der Waals surface area contributed by atoms with Crippen LogP contribution in [0.1, 0.15) is 35.0 Å². The van der Waals surface area contributed by atoms with Crippen LogP contribution in [0.15, 0.2) is 61.1 Å². The molecule has 6 nitrogen and oxygen atoms in total. The number of amides is 2. The second-order valence-corrected chi connectivity index (χ2v) is 6.97. The third kappa shape index (κ3) is 4.01. The van der Waals surface area contributed by atoms with E-state index < -0.39 is 0 Å². The van der Waals surface area contributed by atoms with Gasteiger partial charge in [0.15, 0.2) is 0 Å². The molecule has 0 unspecified atom stereocenters. The minimum Gasteiger partial charge on any atom is -0.347 e. The molecule has 2 aromatic heterocycles. The minimum atomic E-state index is -0.219. The lowest BCUT2D eigenvalue weighted by Gasteiger charge is -2.16. The summed E-state index contributed by atoms with van der Waals surface area (Å²) in [6.45, 7) is 3.03. The van der Waals surface area contributed by atoms with Gasteiger partial charge in [0, 0.05) is 49.4 Å².